The van der Waals surface area contributed by atoms with Gasteiger partial charge in [-0.05, 0) is 54.3 Å². The van der Waals surface area contributed by atoms with E-state index in [0.29, 0.717) is 35.5 Å². The molecule has 8 heteroatoms. The highest BCUT2D eigenvalue weighted by Crippen LogP contribution is 2.21. The molecule has 0 radical (unpaired) electrons. The fourth-order valence-electron chi connectivity index (χ4n) is 2.97. The van der Waals surface area contributed by atoms with Crippen molar-refractivity contribution in [3.05, 3.63) is 70.8 Å². The van der Waals surface area contributed by atoms with Crippen LogP contribution in [0.5, 0.6) is 0 Å². The summed E-state index contributed by atoms with van der Waals surface area (Å²) in [4.78, 5) is 34.3. The number of carboxylic acid groups (broad SMARTS) is 2. The van der Waals surface area contributed by atoms with Crippen molar-refractivity contribution in [1.29, 1.82) is 0 Å². The normalized spacial score (nSPS) is 11.6. The number of hydrogen-bond acceptors (Lipinski definition) is 5. The van der Waals surface area contributed by atoms with Gasteiger partial charge in [-0.3, -0.25) is 14.8 Å². The van der Waals surface area contributed by atoms with Crippen molar-refractivity contribution < 1.29 is 29.8 Å². The molecule has 0 aliphatic heterocycles. The number of hydroxylamine groups is 1. The van der Waals surface area contributed by atoms with Crippen LogP contribution in [0.15, 0.2) is 48.5 Å². The predicted octanol–water partition coefficient (Wildman–Crippen LogP) is 3.46. The Kier molecular flexibility index (Phi) is 8.69. The zero-order valence-corrected chi connectivity index (χ0v) is 16.5. The number of rotatable bonds is 11. The fourth-order valence-corrected chi connectivity index (χ4v) is 3.96. The molecule has 2 aromatic carbocycles. The average molecular weight is 417 g/mol. The van der Waals surface area contributed by atoms with Crippen LogP contribution in [0.4, 0.5) is 0 Å². The molecule has 1 amide bonds. The van der Waals surface area contributed by atoms with Gasteiger partial charge >= 0.3 is 11.9 Å². The van der Waals surface area contributed by atoms with Crippen LogP contribution in [0.3, 0.4) is 0 Å². The Bertz CT molecular complexity index is 870. The summed E-state index contributed by atoms with van der Waals surface area (Å²) in [6.07, 6.45) is 1.42. The lowest BCUT2D eigenvalue weighted by molar-refractivity contribution is -0.141. The van der Waals surface area contributed by atoms with E-state index < -0.39 is 23.8 Å². The van der Waals surface area contributed by atoms with Crippen LogP contribution in [0.2, 0.25) is 0 Å². The molecule has 0 aliphatic rings. The molecule has 4 N–H and O–H groups in total. The van der Waals surface area contributed by atoms with Crippen LogP contribution < -0.4 is 5.48 Å². The Morgan fingerprint density at radius 2 is 1.79 bits per heavy atom. The van der Waals surface area contributed by atoms with Crippen molar-refractivity contribution >= 4 is 29.6 Å². The third-order valence-corrected chi connectivity index (χ3v) is 5.56. The minimum absolute atomic E-state index is 0.146. The number of carboxylic acids is 2. The first-order valence-corrected chi connectivity index (χ1v) is 10.2. The minimum atomic E-state index is -1.04. The van der Waals surface area contributed by atoms with Crippen molar-refractivity contribution in [3.8, 4) is 0 Å². The van der Waals surface area contributed by atoms with E-state index in [1.54, 1.807) is 41.5 Å². The summed E-state index contributed by atoms with van der Waals surface area (Å²) >= 11 is 1.58. The van der Waals surface area contributed by atoms with Crippen LogP contribution in [0, 0.1) is 5.92 Å². The van der Waals surface area contributed by atoms with Crippen LogP contribution in [0.1, 0.15) is 44.7 Å². The third kappa shape index (κ3) is 6.92. The Hall–Kier alpha value is -2.84. The molecular weight excluding hydrogens is 394 g/mol. The van der Waals surface area contributed by atoms with Gasteiger partial charge in [-0.2, -0.15) is 11.8 Å². The van der Waals surface area contributed by atoms with Crippen molar-refractivity contribution in [1.82, 2.24) is 5.48 Å². The number of hydrogen-bond donors (Lipinski definition) is 4. The molecule has 0 fully saturated rings. The maximum absolute atomic E-state index is 11.7. The van der Waals surface area contributed by atoms with Gasteiger partial charge in [-0.15, -0.1) is 0 Å². The van der Waals surface area contributed by atoms with E-state index in [1.165, 1.54) is 12.1 Å². The number of aliphatic carboxylic acids is 1. The quantitative estimate of drug-likeness (QED) is 0.251. The number of aromatic carboxylic acids is 1. The molecule has 7 nitrogen and oxygen atoms in total. The Morgan fingerprint density at radius 3 is 2.48 bits per heavy atom. The molecule has 2 aromatic rings. The van der Waals surface area contributed by atoms with E-state index in [2.05, 4.69) is 0 Å². The van der Waals surface area contributed by atoms with Crippen LogP contribution in [-0.2, 0) is 17.0 Å². The molecule has 0 saturated carbocycles. The summed E-state index contributed by atoms with van der Waals surface area (Å²) in [5.74, 6) is -1.80. The predicted molar refractivity (Wildman–Crippen MR) is 109 cm³/mol. The average Bonchev–Trinajstić information content (AvgIpc) is 2.72. The standard InChI is InChI=1S/C21H23NO6S/c23-19(22-28)18-9-2-1-6-17(18)13-29-10-4-8-16(21(26)27)12-14-5-3-7-15(11-14)20(24)25/h1-3,5-7,9,11,16,28H,4,8,10,12-13H2,(H,22,23)(H,24,25)(H,26,27). The largest absolute Gasteiger partial charge is 0.481 e. The summed E-state index contributed by atoms with van der Waals surface area (Å²) in [7, 11) is 0. The lowest BCUT2D eigenvalue weighted by Crippen LogP contribution is -2.20. The summed E-state index contributed by atoms with van der Waals surface area (Å²) in [5, 5.41) is 27.3. The molecule has 29 heavy (non-hydrogen) atoms. The maximum Gasteiger partial charge on any atom is 0.335 e. The molecule has 0 aliphatic carbocycles. The topological polar surface area (TPSA) is 124 Å². The maximum atomic E-state index is 11.7. The van der Waals surface area contributed by atoms with Gasteiger partial charge in [0.25, 0.3) is 5.91 Å². The molecule has 0 spiro atoms. The zero-order valence-electron chi connectivity index (χ0n) is 15.7. The molecule has 1 atom stereocenters. The van der Waals surface area contributed by atoms with Gasteiger partial charge in [0.15, 0.2) is 0 Å². The highest BCUT2D eigenvalue weighted by Gasteiger charge is 2.18. The van der Waals surface area contributed by atoms with Crippen LogP contribution in [-0.4, -0.2) is 39.0 Å². The second-order valence-corrected chi connectivity index (χ2v) is 7.64. The molecular formula is C21H23NO6S. The van der Waals surface area contributed by atoms with Gasteiger partial charge in [-0.1, -0.05) is 30.3 Å². The van der Waals surface area contributed by atoms with Gasteiger partial charge in [0.1, 0.15) is 0 Å². The number of thioether (sulfide) groups is 1. The first-order valence-electron chi connectivity index (χ1n) is 9.07. The van der Waals surface area contributed by atoms with Crippen molar-refractivity contribution in [3.63, 3.8) is 0 Å². The summed E-state index contributed by atoms with van der Waals surface area (Å²) in [6, 6.07) is 13.3. The lowest BCUT2D eigenvalue weighted by Gasteiger charge is -2.13. The fraction of sp³-hybridized carbons (Fsp3) is 0.286. The number of amides is 1. The monoisotopic (exact) mass is 417 g/mol. The van der Waals surface area contributed by atoms with E-state index >= 15 is 0 Å². The Balaban J connectivity index is 1.85. The summed E-state index contributed by atoms with van der Waals surface area (Å²) < 4.78 is 0. The van der Waals surface area contributed by atoms with Gasteiger partial charge < -0.3 is 10.2 Å². The molecule has 154 valence electrons. The molecule has 1 unspecified atom stereocenters. The second-order valence-electron chi connectivity index (χ2n) is 6.54. The summed E-state index contributed by atoms with van der Waals surface area (Å²) in [5.41, 5.74) is 3.67. The smallest absolute Gasteiger partial charge is 0.335 e. The zero-order chi connectivity index (χ0) is 21.2. The van der Waals surface area contributed by atoms with Crippen LogP contribution >= 0.6 is 11.8 Å². The minimum Gasteiger partial charge on any atom is -0.481 e. The number of carbonyl (C=O) groups is 3. The van der Waals surface area contributed by atoms with Crippen molar-refractivity contribution in [2.75, 3.05) is 5.75 Å². The van der Waals surface area contributed by atoms with Gasteiger partial charge in [-0.25, -0.2) is 10.3 Å². The highest BCUT2D eigenvalue weighted by molar-refractivity contribution is 7.98. The van der Waals surface area contributed by atoms with E-state index in [9.17, 15) is 19.5 Å². The summed E-state index contributed by atoms with van der Waals surface area (Å²) in [6.45, 7) is 0. The van der Waals surface area contributed by atoms with Crippen LogP contribution in [0.25, 0.3) is 0 Å². The van der Waals surface area contributed by atoms with Gasteiger partial charge in [0.2, 0.25) is 0 Å². The first kappa shape index (κ1) is 22.4. The first-order chi connectivity index (χ1) is 13.9. The van der Waals surface area contributed by atoms with E-state index in [1.807, 2.05) is 12.1 Å². The van der Waals surface area contributed by atoms with Crippen molar-refractivity contribution in [2.24, 2.45) is 5.92 Å². The van der Waals surface area contributed by atoms with Gasteiger partial charge in [0.05, 0.1) is 11.5 Å². The highest BCUT2D eigenvalue weighted by atomic mass is 32.2. The molecule has 0 heterocycles. The van der Waals surface area contributed by atoms with Crippen molar-refractivity contribution in [2.45, 2.75) is 25.0 Å². The second kappa shape index (κ2) is 11.2. The lowest BCUT2D eigenvalue weighted by atomic mass is 9.94. The Labute approximate surface area is 172 Å². The Morgan fingerprint density at radius 1 is 1.03 bits per heavy atom. The van der Waals surface area contributed by atoms with E-state index in [0.717, 1.165) is 5.56 Å². The SMILES string of the molecule is O=C(O)c1cccc(CC(CCCSCc2ccccc2C(=O)NO)C(=O)O)c1. The number of carbonyl (C=O) groups excluding carboxylic acids is 1. The van der Waals surface area contributed by atoms with E-state index in [4.69, 9.17) is 10.3 Å². The molecule has 0 aromatic heterocycles. The van der Waals surface area contributed by atoms with Gasteiger partial charge in [0, 0.05) is 11.3 Å². The molecule has 0 saturated heterocycles. The number of benzene rings is 2. The third-order valence-electron chi connectivity index (χ3n) is 4.47. The number of nitrogens with one attached hydrogen (secondary N) is 1. The molecule has 0 bridgehead atoms. The van der Waals surface area contributed by atoms with E-state index in [-0.39, 0.29) is 12.0 Å². The molecule has 2 rings (SSSR count).